The minimum atomic E-state index is -2.66. The number of sulfone groups is 1. The largest absolute Gasteiger partial charge is 0.229 e. The summed E-state index contributed by atoms with van der Waals surface area (Å²) < 4.78 is 45.4. The van der Waals surface area contributed by atoms with Crippen LogP contribution in [0.3, 0.4) is 0 Å². The van der Waals surface area contributed by atoms with E-state index in [1.54, 1.807) is 13.8 Å². The zero-order valence-electron chi connectivity index (χ0n) is 10.3. The van der Waals surface area contributed by atoms with E-state index in [2.05, 4.69) is 0 Å². The molecule has 0 saturated heterocycles. The average molecular weight is 275 g/mol. The summed E-state index contributed by atoms with van der Waals surface area (Å²) in [5.74, 6) is -1.25. The van der Waals surface area contributed by atoms with E-state index in [1.165, 1.54) is 6.07 Å². The van der Waals surface area contributed by atoms with Crippen molar-refractivity contribution in [3.8, 4) is 6.07 Å². The van der Waals surface area contributed by atoms with E-state index < -0.39 is 21.5 Å². The predicted octanol–water partition coefficient (Wildman–Crippen LogP) is 2.47. The maximum Gasteiger partial charge on any atom is 0.159 e. The van der Waals surface area contributed by atoms with Gasteiger partial charge in [-0.2, -0.15) is 5.26 Å². The van der Waals surface area contributed by atoms with Gasteiger partial charge >= 0.3 is 0 Å². The fourth-order valence-corrected chi connectivity index (χ4v) is 1.35. The lowest BCUT2D eigenvalue weighted by molar-refractivity contribution is 0.507. The third-order valence-corrected chi connectivity index (χ3v) is 3.91. The highest BCUT2D eigenvalue weighted by molar-refractivity contribution is 7.91. The third kappa shape index (κ3) is 6.30. The molecule has 1 aromatic rings. The quantitative estimate of drug-likeness (QED) is 0.851. The molecule has 0 saturated carbocycles. The first-order chi connectivity index (χ1) is 8.36. The topological polar surface area (TPSA) is 57.9 Å². The Balaban J connectivity index is 0.000000360. The van der Waals surface area contributed by atoms with Crippen molar-refractivity contribution in [3.63, 3.8) is 0 Å². The smallest absolute Gasteiger partial charge is 0.159 e. The third-order valence-electron chi connectivity index (χ3n) is 2.15. The molecule has 18 heavy (non-hydrogen) atoms. The molecule has 0 aromatic heterocycles. The molecule has 0 aliphatic heterocycles. The lowest BCUT2D eigenvalue weighted by Crippen LogP contribution is -2.04. The molecule has 0 heterocycles. The summed E-state index contributed by atoms with van der Waals surface area (Å²) in [5.41, 5.74) is 0.492. The highest BCUT2D eigenvalue weighted by Gasteiger charge is 2.01. The SMILES string of the molecule is CCS(=O)(=O)CC.N#CCc1ccc(F)c(F)c1. The second-order valence-corrected chi connectivity index (χ2v) is 6.05. The van der Waals surface area contributed by atoms with Crippen LogP contribution in [0.25, 0.3) is 0 Å². The van der Waals surface area contributed by atoms with E-state index in [-0.39, 0.29) is 17.9 Å². The average Bonchev–Trinajstić information content (AvgIpc) is 2.35. The van der Waals surface area contributed by atoms with Crippen LogP contribution >= 0.6 is 0 Å². The van der Waals surface area contributed by atoms with Gasteiger partial charge in [-0.05, 0) is 17.7 Å². The molecule has 0 atom stereocenters. The van der Waals surface area contributed by atoms with E-state index in [9.17, 15) is 17.2 Å². The van der Waals surface area contributed by atoms with Gasteiger partial charge in [-0.15, -0.1) is 0 Å². The maximum atomic E-state index is 12.4. The Hall–Kier alpha value is -1.48. The summed E-state index contributed by atoms with van der Waals surface area (Å²) in [6.45, 7) is 3.30. The first kappa shape index (κ1) is 16.5. The first-order valence-corrected chi connectivity index (χ1v) is 7.19. The van der Waals surface area contributed by atoms with Crippen LogP contribution in [0.2, 0.25) is 0 Å². The van der Waals surface area contributed by atoms with Gasteiger partial charge in [0.05, 0.1) is 12.5 Å². The number of benzene rings is 1. The van der Waals surface area contributed by atoms with E-state index in [0.717, 1.165) is 12.1 Å². The van der Waals surface area contributed by atoms with Crippen LogP contribution < -0.4 is 0 Å². The molecule has 0 spiro atoms. The minimum Gasteiger partial charge on any atom is -0.229 e. The summed E-state index contributed by atoms with van der Waals surface area (Å²) in [4.78, 5) is 0. The summed E-state index contributed by atoms with van der Waals surface area (Å²) in [6, 6.07) is 5.27. The van der Waals surface area contributed by atoms with Crippen molar-refractivity contribution in [2.75, 3.05) is 11.5 Å². The van der Waals surface area contributed by atoms with Crippen LogP contribution in [0, 0.1) is 23.0 Å². The molecule has 0 unspecified atom stereocenters. The predicted molar refractivity (Wildman–Crippen MR) is 65.7 cm³/mol. The van der Waals surface area contributed by atoms with Gasteiger partial charge in [0.1, 0.15) is 9.84 Å². The lowest BCUT2D eigenvalue weighted by atomic mass is 10.2. The summed E-state index contributed by atoms with van der Waals surface area (Å²) in [7, 11) is -2.66. The lowest BCUT2D eigenvalue weighted by Gasteiger charge is -1.94. The molecule has 1 rings (SSSR count). The first-order valence-electron chi connectivity index (χ1n) is 5.37. The fraction of sp³-hybridized carbons (Fsp3) is 0.417. The molecule has 0 aliphatic carbocycles. The number of hydrogen-bond acceptors (Lipinski definition) is 3. The summed E-state index contributed by atoms with van der Waals surface area (Å²) >= 11 is 0. The van der Waals surface area contributed by atoms with E-state index in [1.807, 2.05) is 6.07 Å². The fourth-order valence-electron chi connectivity index (χ4n) is 0.945. The normalized spacial score (nSPS) is 10.2. The van der Waals surface area contributed by atoms with Crippen LogP contribution in [0.1, 0.15) is 19.4 Å². The van der Waals surface area contributed by atoms with Gasteiger partial charge in [-0.3, -0.25) is 0 Å². The number of halogens is 2. The van der Waals surface area contributed by atoms with Crippen molar-refractivity contribution in [3.05, 3.63) is 35.4 Å². The molecular weight excluding hydrogens is 260 g/mol. The van der Waals surface area contributed by atoms with Crippen molar-refractivity contribution in [2.45, 2.75) is 20.3 Å². The second kappa shape index (κ2) is 7.77. The standard InChI is InChI=1S/C8H5F2N.C4H10O2S/c9-7-2-1-6(3-4-11)5-8(7)10;1-3-7(5,6)4-2/h1-2,5H,3H2;3-4H2,1-2H3. The van der Waals surface area contributed by atoms with Crippen molar-refractivity contribution in [1.82, 2.24) is 0 Å². The molecule has 1 aromatic carbocycles. The molecule has 0 aliphatic rings. The summed E-state index contributed by atoms with van der Waals surface area (Å²) in [5, 5.41) is 8.21. The van der Waals surface area contributed by atoms with Crippen molar-refractivity contribution in [1.29, 1.82) is 5.26 Å². The van der Waals surface area contributed by atoms with E-state index in [4.69, 9.17) is 5.26 Å². The Morgan fingerprint density at radius 1 is 1.17 bits per heavy atom. The van der Waals surface area contributed by atoms with Gasteiger partial charge in [-0.1, -0.05) is 19.9 Å². The number of hydrogen-bond donors (Lipinski definition) is 0. The Morgan fingerprint density at radius 2 is 1.72 bits per heavy atom. The molecule has 6 heteroatoms. The van der Waals surface area contributed by atoms with Crippen molar-refractivity contribution in [2.24, 2.45) is 0 Å². The molecule has 0 radical (unpaired) electrons. The Labute approximate surface area is 106 Å². The Kier molecular flexibility index (Phi) is 7.13. The van der Waals surface area contributed by atoms with Gasteiger partial charge in [-0.25, -0.2) is 17.2 Å². The van der Waals surface area contributed by atoms with E-state index in [0.29, 0.717) is 5.56 Å². The molecule has 0 N–H and O–H groups in total. The molecule has 0 fully saturated rings. The zero-order chi connectivity index (χ0) is 14.2. The Morgan fingerprint density at radius 3 is 2.06 bits per heavy atom. The monoisotopic (exact) mass is 275 g/mol. The van der Waals surface area contributed by atoms with Crippen LogP contribution in [0.5, 0.6) is 0 Å². The highest BCUT2D eigenvalue weighted by Crippen LogP contribution is 2.08. The molecule has 0 bridgehead atoms. The van der Waals surface area contributed by atoms with Crippen molar-refractivity contribution < 1.29 is 17.2 Å². The number of nitrogens with zero attached hydrogens (tertiary/aromatic N) is 1. The van der Waals surface area contributed by atoms with Gasteiger partial charge in [0, 0.05) is 11.5 Å². The molecule has 3 nitrogen and oxygen atoms in total. The van der Waals surface area contributed by atoms with Crippen LogP contribution in [-0.2, 0) is 16.3 Å². The summed E-state index contributed by atoms with van der Waals surface area (Å²) in [6.07, 6.45) is 0.108. The number of rotatable bonds is 3. The van der Waals surface area contributed by atoms with Crippen LogP contribution in [0.15, 0.2) is 18.2 Å². The highest BCUT2D eigenvalue weighted by atomic mass is 32.2. The van der Waals surface area contributed by atoms with Crippen molar-refractivity contribution >= 4 is 9.84 Å². The van der Waals surface area contributed by atoms with E-state index >= 15 is 0 Å². The maximum absolute atomic E-state index is 12.4. The van der Waals surface area contributed by atoms with Gasteiger partial charge < -0.3 is 0 Å². The minimum absolute atomic E-state index is 0.108. The van der Waals surface area contributed by atoms with Crippen LogP contribution in [0.4, 0.5) is 8.78 Å². The second-order valence-electron chi connectivity index (χ2n) is 3.40. The Bertz CT molecular complexity index is 511. The zero-order valence-corrected chi connectivity index (χ0v) is 11.1. The molecule has 100 valence electrons. The van der Waals surface area contributed by atoms with Crippen LogP contribution in [-0.4, -0.2) is 19.9 Å². The molecule has 0 amide bonds. The van der Waals surface area contributed by atoms with Gasteiger partial charge in [0.2, 0.25) is 0 Å². The van der Waals surface area contributed by atoms with Gasteiger partial charge in [0.25, 0.3) is 0 Å². The van der Waals surface area contributed by atoms with Gasteiger partial charge in [0.15, 0.2) is 11.6 Å². The number of nitriles is 1. The molecular formula is C12H15F2NO2S.